The SMILES string of the molecule is CNCCCNC(=O)c1cn(-c2ccc(C)cc2)nc1C(C)(C)C.Cl. The lowest BCUT2D eigenvalue weighted by Gasteiger charge is -2.17. The number of carbonyl (C=O) groups is 1. The lowest BCUT2D eigenvalue weighted by Crippen LogP contribution is -2.28. The molecule has 0 unspecified atom stereocenters. The van der Waals surface area contributed by atoms with E-state index in [2.05, 4.69) is 38.3 Å². The fraction of sp³-hybridized carbons (Fsp3) is 0.474. The van der Waals surface area contributed by atoms with E-state index >= 15 is 0 Å². The fourth-order valence-corrected chi connectivity index (χ4v) is 2.49. The van der Waals surface area contributed by atoms with Crippen LogP contribution >= 0.6 is 12.4 Å². The van der Waals surface area contributed by atoms with Gasteiger partial charge in [-0.05, 0) is 39.1 Å². The Balaban J connectivity index is 0.00000312. The van der Waals surface area contributed by atoms with Gasteiger partial charge in [-0.1, -0.05) is 38.5 Å². The van der Waals surface area contributed by atoms with Crippen LogP contribution in [0.25, 0.3) is 5.69 Å². The van der Waals surface area contributed by atoms with Crippen LogP contribution in [-0.4, -0.2) is 35.8 Å². The summed E-state index contributed by atoms with van der Waals surface area (Å²) in [7, 11) is 1.91. The third-order valence-corrected chi connectivity index (χ3v) is 3.86. The van der Waals surface area contributed by atoms with Gasteiger partial charge in [0.15, 0.2) is 0 Å². The molecule has 1 aromatic carbocycles. The number of amides is 1. The lowest BCUT2D eigenvalue weighted by molar-refractivity contribution is 0.0951. The number of nitrogens with zero attached hydrogens (tertiary/aromatic N) is 2. The highest BCUT2D eigenvalue weighted by atomic mass is 35.5. The minimum absolute atomic E-state index is 0. The summed E-state index contributed by atoms with van der Waals surface area (Å²) in [6.45, 7) is 9.82. The maximum Gasteiger partial charge on any atom is 0.254 e. The van der Waals surface area contributed by atoms with Crippen molar-refractivity contribution in [1.82, 2.24) is 20.4 Å². The highest BCUT2D eigenvalue weighted by Crippen LogP contribution is 2.25. The number of benzene rings is 1. The van der Waals surface area contributed by atoms with Gasteiger partial charge in [-0.2, -0.15) is 5.10 Å². The Morgan fingerprint density at radius 3 is 2.36 bits per heavy atom. The number of rotatable bonds is 6. The first kappa shape index (κ1) is 21.2. The van der Waals surface area contributed by atoms with Gasteiger partial charge in [-0.3, -0.25) is 4.79 Å². The van der Waals surface area contributed by atoms with Crippen molar-refractivity contribution >= 4 is 18.3 Å². The average Bonchev–Trinajstić information content (AvgIpc) is 2.98. The highest BCUT2D eigenvalue weighted by Gasteiger charge is 2.26. The van der Waals surface area contributed by atoms with Crippen LogP contribution in [0, 0.1) is 6.92 Å². The van der Waals surface area contributed by atoms with Gasteiger partial charge in [0.1, 0.15) is 0 Å². The Labute approximate surface area is 156 Å². The maximum atomic E-state index is 12.6. The van der Waals surface area contributed by atoms with E-state index in [1.54, 1.807) is 4.68 Å². The van der Waals surface area contributed by atoms with Crippen LogP contribution in [0.5, 0.6) is 0 Å². The summed E-state index contributed by atoms with van der Waals surface area (Å²) in [5, 5.41) is 10.8. The number of halogens is 1. The zero-order valence-corrected chi connectivity index (χ0v) is 16.5. The molecule has 1 amide bonds. The maximum absolute atomic E-state index is 12.6. The molecule has 138 valence electrons. The molecular formula is C19H29ClN4O. The summed E-state index contributed by atoms with van der Waals surface area (Å²) in [5.41, 5.74) is 3.42. The molecule has 6 heteroatoms. The zero-order valence-electron chi connectivity index (χ0n) is 15.7. The summed E-state index contributed by atoms with van der Waals surface area (Å²) >= 11 is 0. The molecular weight excluding hydrogens is 336 g/mol. The molecule has 25 heavy (non-hydrogen) atoms. The summed E-state index contributed by atoms with van der Waals surface area (Å²) in [6.07, 6.45) is 2.73. The molecule has 0 saturated heterocycles. The van der Waals surface area contributed by atoms with Crippen molar-refractivity contribution < 1.29 is 4.79 Å². The molecule has 1 aromatic heterocycles. The van der Waals surface area contributed by atoms with E-state index in [1.165, 1.54) is 5.56 Å². The highest BCUT2D eigenvalue weighted by molar-refractivity contribution is 5.95. The van der Waals surface area contributed by atoms with E-state index in [4.69, 9.17) is 5.10 Å². The largest absolute Gasteiger partial charge is 0.352 e. The first-order valence-electron chi connectivity index (χ1n) is 8.43. The topological polar surface area (TPSA) is 58.9 Å². The van der Waals surface area contributed by atoms with Gasteiger partial charge in [0, 0.05) is 18.2 Å². The normalized spacial score (nSPS) is 11.1. The van der Waals surface area contributed by atoms with Crippen LogP contribution in [0.2, 0.25) is 0 Å². The van der Waals surface area contributed by atoms with E-state index in [0.29, 0.717) is 12.1 Å². The Hall–Kier alpha value is -1.85. The van der Waals surface area contributed by atoms with E-state index in [-0.39, 0.29) is 23.7 Å². The second kappa shape index (κ2) is 9.02. The van der Waals surface area contributed by atoms with Crippen molar-refractivity contribution in [2.24, 2.45) is 0 Å². The summed E-state index contributed by atoms with van der Waals surface area (Å²) < 4.78 is 1.79. The third-order valence-electron chi connectivity index (χ3n) is 3.86. The molecule has 0 aliphatic carbocycles. The monoisotopic (exact) mass is 364 g/mol. The number of carbonyl (C=O) groups excluding carboxylic acids is 1. The van der Waals surface area contributed by atoms with E-state index in [0.717, 1.165) is 24.3 Å². The molecule has 0 aliphatic heterocycles. The van der Waals surface area contributed by atoms with Crippen LogP contribution in [0.15, 0.2) is 30.5 Å². The first-order chi connectivity index (χ1) is 11.3. The number of hydrogen-bond acceptors (Lipinski definition) is 3. The number of aromatic nitrogens is 2. The van der Waals surface area contributed by atoms with Crippen molar-refractivity contribution in [3.05, 3.63) is 47.3 Å². The predicted molar refractivity (Wildman–Crippen MR) is 105 cm³/mol. The lowest BCUT2D eigenvalue weighted by atomic mass is 9.89. The average molecular weight is 365 g/mol. The molecule has 1 heterocycles. The molecule has 2 aromatic rings. The Morgan fingerprint density at radius 2 is 1.80 bits per heavy atom. The number of hydrogen-bond donors (Lipinski definition) is 2. The Bertz CT molecular complexity index is 686. The van der Waals surface area contributed by atoms with Crippen LogP contribution in [0.3, 0.4) is 0 Å². The van der Waals surface area contributed by atoms with Crippen LogP contribution < -0.4 is 10.6 Å². The van der Waals surface area contributed by atoms with Gasteiger partial charge < -0.3 is 10.6 Å². The molecule has 5 nitrogen and oxygen atoms in total. The van der Waals surface area contributed by atoms with Crippen LogP contribution in [0.1, 0.15) is 48.8 Å². The van der Waals surface area contributed by atoms with E-state index < -0.39 is 0 Å². The third kappa shape index (κ3) is 5.58. The summed E-state index contributed by atoms with van der Waals surface area (Å²) in [4.78, 5) is 12.6. The zero-order chi connectivity index (χ0) is 17.7. The molecule has 0 saturated carbocycles. The van der Waals surface area contributed by atoms with Crippen molar-refractivity contribution in [2.75, 3.05) is 20.1 Å². The van der Waals surface area contributed by atoms with Crippen molar-refractivity contribution in [3.8, 4) is 5.69 Å². The molecule has 0 radical (unpaired) electrons. The van der Waals surface area contributed by atoms with Crippen molar-refractivity contribution in [2.45, 2.75) is 39.5 Å². The molecule has 0 aliphatic rings. The second-order valence-corrected chi connectivity index (χ2v) is 7.13. The molecule has 0 atom stereocenters. The first-order valence-corrected chi connectivity index (χ1v) is 8.43. The van der Waals surface area contributed by atoms with Gasteiger partial charge in [0.25, 0.3) is 5.91 Å². The Morgan fingerprint density at radius 1 is 1.16 bits per heavy atom. The molecule has 2 rings (SSSR count). The van der Waals surface area contributed by atoms with Crippen molar-refractivity contribution in [3.63, 3.8) is 0 Å². The predicted octanol–water partition coefficient (Wildman–Crippen LogP) is 3.24. The van der Waals surface area contributed by atoms with E-state index in [9.17, 15) is 4.79 Å². The van der Waals surface area contributed by atoms with Gasteiger partial charge in [0.05, 0.1) is 16.9 Å². The molecule has 2 N–H and O–H groups in total. The van der Waals surface area contributed by atoms with Gasteiger partial charge >= 0.3 is 0 Å². The number of aryl methyl sites for hydroxylation is 1. The molecule has 0 bridgehead atoms. The van der Waals surface area contributed by atoms with E-state index in [1.807, 2.05) is 37.5 Å². The van der Waals surface area contributed by atoms with Gasteiger partial charge in [0.2, 0.25) is 0 Å². The molecule has 0 spiro atoms. The fourth-order valence-electron chi connectivity index (χ4n) is 2.49. The van der Waals surface area contributed by atoms with Crippen LogP contribution in [0.4, 0.5) is 0 Å². The second-order valence-electron chi connectivity index (χ2n) is 7.13. The summed E-state index contributed by atoms with van der Waals surface area (Å²) in [6, 6.07) is 8.13. The van der Waals surface area contributed by atoms with Gasteiger partial charge in [-0.15, -0.1) is 12.4 Å². The Kier molecular flexibility index (Phi) is 7.64. The van der Waals surface area contributed by atoms with Crippen molar-refractivity contribution in [1.29, 1.82) is 0 Å². The minimum Gasteiger partial charge on any atom is -0.352 e. The van der Waals surface area contributed by atoms with Gasteiger partial charge in [-0.25, -0.2) is 4.68 Å². The smallest absolute Gasteiger partial charge is 0.254 e. The minimum atomic E-state index is -0.201. The summed E-state index contributed by atoms with van der Waals surface area (Å²) in [5.74, 6) is -0.0608. The quantitative estimate of drug-likeness (QED) is 0.773. The van der Waals surface area contributed by atoms with Crippen LogP contribution in [-0.2, 0) is 5.41 Å². The number of nitrogens with one attached hydrogen (secondary N) is 2. The molecule has 0 fully saturated rings. The standard InChI is InChI=1S/C19H28N4O.ClH/c1-14-7-9-15(10-8-14)23-13-16(17(22-23)19(2,3)4)18(24)21-12-6-11-20-5;/h7-10,13,20H,6,11-12H2,1-5H3,(H,21,24);1H.